The second-order valence-electron chi connectivity index (χ2n) is 5.81. The maximum Gasteiger partial charge on any atom is 0.120 e. The van der Waals surface area contributed by atoms with Gasteiger partial charge >= 0.3 is 0 Å². The SMILES string of the molecule is CCc1ccc(O)c(CN(C)Cc2cc(CC)ccc2O)c1. The van der Waals surface area contributed by atoms with Crippen LogP contribution in [-0.4, -0.2) is 22.2 Å². The Labute approximate surface area is 132 Å². The number of aryl methyl sites for hydroxylation is 2. The van der Waals surface area contributed by atoms with Crippen LogP contribution in [0.2, 0.25) is 0 Å². The highest BCUT2D eigenvalue weighted by Crippen LogP contribution is 2.24. The normalized spacial score (nSPS) is 11.1. The summed E-state index contributed by atoms with van der Waals surface area (Å²) in [6.07, 6.45) is 1.91. The van der Waals surface area contributed by atoms with Crippen LogP contribution in [-0.2, 0) is 25.9 Å². The van der Waals surface area contributed by atoms with Crippen LogP contribution in [0.15, 0.2) is 36.4 Å². The molecule has 0 aliphatic carbocycles. The molecule has 3 nitrogen and oxygen atoms in total. The summed E-state index contributed by atoms with van der Waals surface area (Å²) in [5, 5.41) is 20.0. The number of phenolic OH excluding ortho intramolecular Hbond substituents is 2. The monoisotopic (exact) mass is 299 g/mol. The molecule has 0 aromatic heterocycles. The lowest BCUT2D eigenvalue weighted by atomic mass is 10.1. The molecule has 0 amide bonds. The second kappa shape index (κ2) is 7.32. The molecule has 2 aromatic carbocycles. The molecule has 118 valence electrons. The zero-order valence-electron chi connectivity index (χ0n) is 13.6. The van der Waals surface area contributed by atoms with Crippen molar-refractivity contribution in [3.05, 3.63) is 58.7 Å². The third-order valence-corrected chi connectivity index (χ3v) is 3.98. The predicted molar refractivity (Wildman–Crippen MR) is 90.1 cm³/mol. The van der Waals surface area contributed by atoms with Gasteiger partial charge < -0.3 is 10.2 Å². The van der Waals surface area contributed by atoms with E-state index >= 15 is 0 Å². The first-order valence-corrected chi connectivity index (χ1v) is 7.83. The maximum absolute atomic E-state index is 10.0. The third kappa shape index (κ3) is 4.01. The molecule has 0 saturated heterocycles. The van der Waals surface area contributed by atoms with Crippen molar-refractivity contribution >= 4 is 0 Å². The van der Waals surface area contributed by atoms with Crippen LogP contribution in [0.5, 0.6) is 11.5 Å². The van der Waals surface area contributed by atoms with E-state index in [2.05, 4.69) is 18.7 Å². The standard InChI is InChI=1S/C19H25NO2/c1-4-14-6-8-18(21)16(10-14)12-20(3)13-17-11-15(5-2)7-9-19(17)22/h6-11,21-22H,4-5,12-13H2,1-3H3. The van der Waals surface area contributed by atoms with Gasteiger partial charge in [0.25, 0.3) is 0 Å². The van der Waals surface area contributed by atoms with Crippen LogP contribution in [0.4, 0.5) is 0 Å². The van der Waals surface area contributed by atoms with Gasteiger partial charge in [0.05, 0.1) is 0 Å². The molecule has 2 N–H and O–H groups in total. The molecular weight excluding hydrogens is 274 g/mol. The Morgan fingerprint density at radius 1 is 0.773 bits per heavy atom. The van der Waals surface area contributed by atoms with Gasteiger partial charge in [-0.05, 0) is 43.1 Å². The van der Waals surface area contributed by atoms with Gasteiger partial charge in [-0.25, -0.2) is 0 Å². The molecule has 0 saturated carbocycles. The fourth-order valence-corrected chi connectivity index (χ4v) is 2.61. The van der Waals surface area contributed by atoms with Crippen LogP contribution in [0, 0.1) is 0 Å². The fraction of sp³-hybridized carbons (Fsp3) is 0.368. The van der Waals surface area contributed by atoms with Gasteiger partial charge in [0, 0.05) is 24.2 Å². The smallest absolute Gasteiger partial charge is 0.120 e. The lowest BCUT2D eigenvalue weighted by Gasteiger charge is -2.19. The number of phenols is 2. The minimum Gasteiger partial charge on any atom is -0.508 e. The van der Waals surface area contributed by atoms with E-state index in [0.717, 1.165) is 24.0 Å². The van der Waals surface area contributed by atoms with Crippen molar-refractivity contribution < 1.29 is 10.2 Å². The van der Waals surface area contributed by atoms with Crippen molar-refractivity contribution in [3.8, 4) is 11.5 Å². The summed E-state index contributed by atoms with van der Waals surface area (Å²) in [6, 6.07) is 11.5. The number of rotatable bonds is 6. The van der Waals surface area contributed by atoms with Crippen LogP contribution in [0.3, 0.4) is 0 Å². The first-order chi connectivity index (χ1) is 10.5. The third-order valence-electron chi connectivity index (χ3n) is 3.98. The van der Waals surface area contributed by atoms with Gasteiger partial charge in [-0.3, -0.25) is 4.90 Å². The molecule has 0 radical (unpaired) electrons. The van der Waals surface area contributed by atoms with Crippen LogP contribution in [0.25, 0.3) is 0 Å². The van der Waals surface area contributed by atoms with Gasteiger partial charge in [0.1, 0.15) is 11.5 Å². The van der Waals surface area contributed by atoms with E-state index in [9.17, 15) is 10.2 Å². The lowest BCUT2D eigenvalue weighted by molar-refractivity contribution is 0.306. The molecular formula is C19H25NO2. The Hall–Kier alpha value is -2.00. The van der Waals surface area contributed by atoms with E-state index in [4.69, 9.17) is 0 Å². The van der Waals surface area contributed by atoms with Gasteiger partial charge in [0.15, 0.2) is 0 Å². The molecule has 0 atom stereocenters. The second-order valence-corrected chi connectivity index (χ2v) is 5.81. The van der Waals surface area contributed by atoms with E-state index in [-0.39, 0.29) is 0 Å². The zero-order valence-corrected chi connectivity index (χ0v) is 13.6. The van der Waals surface area contributed by atoms with E-state index in [1.165, 1.54) is 11.1 Å². The summed E-state index contributed by atoms with van der Waals surface area (Å²) in [5.41, 5.74) is 4.29. The van der Waals surface area contributed by atoms with Crippen molar-refractivity contribution in [3.63, 3.8) is 0 Å². The number of nitrogens with zero attached hydrogens (tertiary/aromatic N) is 1. The van der Waals surface area contributed by atoms with Crippen LogP contribution < -0.4 is 0 Å². The molecule has 2 rings (SSSR count). The van der Waals surface area contributed by atoms with Crippen molar-refractivity contribution in [2.45, 2.75) is 39.8 Å². The van der Waals surface area contributed by atoms with Gasteiger partial charge in [-0.1, -0.05) is 38.1 Å². The minimum absolute atomic E-state index is 0.329. The summed E-state index contributed by atoms with van der Waals surface area (Å²) in [5.74, 6) is 0.658. The Morgan fingerprint density at radius 3 is 1.55 bits per heavy atom. The molecule has 0 unspecified atom stereocenters. The summed E-state index contributed by atoms with van der Waals surface area (Å²) in [7, 11) is 2.00. The Bertz CT molecular complexity index is 582. The van der Waals surface area contributed by atoms with E-state index in [1.54, 1.807) is 12.1 Å². The maximum atomic E-state index is 10.0. The van der Waals surface area contributed by atoms with Crippen molar-refractivity contribution in [2.75, 3.05) is 7.05 Å². The molecule has 0 aliphatic heterocycles. The minimum atomic E-state index is 0.329. The van der Waals surface area contributed by atoms with Gasteiger partial charge in [-0.2, -0.15) is 0 Å². The topological polar surface area (TPSA) is 43.7 Å². The molecule has 0 aliphatic rings. The molecule has 0 spiro atoms. The molecule has 0 fully saturated rings. The Balaban J connectivity index is 2.11. The highest BCUT2D eigenvalue weighted by Gasteiger charge is 2.09. The van der Waals surface area contributed by atoms with E-state index < -0.39 is 0 Å². The largest absolute Gasteiger partial charge is 0.508 e. The average Bonchev–Trinajstić information content (AvgIpc) is 2.51. The average molecular weight is 299 g/mol. The number of aromatic hydroxyl groups is 2. The van der Waals surface area contributed by atoms with Gasteiger partial charge in [0.2, 0.25) is 0 Å². The molecule has 3 heteroatoms. The summed E-state index contributed by atoms with van der Waals surface area (Å²) in [4.78, 5) is 2.10. The highest BCUT2D eigenvalue weighted by atomic mass is 16.3. The summed E-state index contributed by atoms with van der Waals surface area (Å²) >= 11 is 0. The lowest BCUT2D eigenvalue weighted by Crippen LogP contribution is -2.17. The molecule has 2 aromatic rings. The highest BCUT2D eigenvalue weighted by molar-refractivity contribution is 5.38. The van der Waals surface area contributed by atoms with Gasteiger partial charge in [-0.15, -0.1) is 0 Å². The van der Waals surface area contributed by atoms with Crippen molar-refractivity contribution in [1.29, 1.82) is 0 Å². The molecule has 22 heavy (non-hydrogen) atoms. The predicted octanol–water partition coefficient (Wildman–Crippen LogP) is 3.85. The van der Waals surface area contributed by atoms with E-state index in [0.29, 0.717) is 24.6 Å². The Morgan fingerprint density at radius 2 is 1.18 bits per heavy atom. The number of benzene rings is 2. The van der Waals surface area contributed by atoms with Crippen molar-refractivity contribution in [1.82, 2.24) is 4.90 Å². The van der Waals surface area contributed by atoms with Crippen LogP contribution in [0.1, 0.15) is 36.1 Å². The van der Waals surface area contributed by atoms with Crippen molar-refractivity contribution in [2.24, 2.45) is 0 Å². The molecule has 0 heterocycles. The quantitative estimate of drug-likeness (QED) is 0.851. The first kappa shape index (κ1) is 16.4. The molecule has 0 bridgehead atoms. The Kier molecular flexibility index (Phi) is 5.45. The summed E-state index contributed by atoms with van der Waals surface area (Å²) in [6.45, 7) is 5.51. The fourth-order valence-electron chi connectivity index (χ4n) is 2.61. The van der Waals surface area contributed by atoms with Crippen LogP contribution >= 0.6 is 0 Å². The van der Waals surface area contributed by atoms with E-state index in [1.807, 2.05) is 31.3 Å². The number of hydrogen-bond donors (Lipinski definition) is 2. The summed E-state index contributed by atoms with van der Waals surface area (Å²) < 4.78 is 0. The zero-order chi connectivity index (χ0) is 16.1. The first-order valence-electron chi connectivity index (χ1n) is 7.83. The number of hydrogen-bond acceptors (Lipinski definition) is 3.